The van der Waals surface area contributed by atoms with Gasteiger partial charge in [0.15, 0.2) is 0 Å². The molecule has 1 aliphatic rings. The van der Waals surface area contributed by atoms with Crippen LogP contribution in [0.4, 0.5) is 10.5 Å². The summed E-state index contributed by atoms with van der Waals surface area (Å²) in [5.41, 5.74) is 10.1. The summed E-state index contributed by atoms with van der Waals surface area (Å²) < 4.78 is 16.4. The molecule has 2 N–H and O–H groups in total. The first-order valence-electron chi connectivity index (χ1n) is 13.0. The number of unbranched alkanes of at least 4 members (excludes halogenated alkanes) is 1. The maximum Gasteiger partial charge on any atom is 0.341 e. The summed E-state index contributed by atoms with van der Waals surface area (Å²) in [7, 11) is 1.59. The molecule has 0 aliphatic carbocycles. The van der Waals surface area contributed by atoms with E-state index < -0.39 is 12.0 Å². The Morgan fingerprint density at radius 1 is 1.19 bits per heavy atom. The number of urea groups is 1. The number of hydrogen-bond acceptors (Lipinski definition) is 6. The molecule has 0 bridgehead atoms. The second kappa shape index (κ2) is 13.9. The van der Waals surface area contributed by atoms with Gasteiger partial charge >= 0.3 is 18.0 Å². The summed E-state index contributed by atoms with van der Waals surface area (Å²) in [6.45, 7) is 10.5. The first-order chi connectivity index (χ1) is 17.2. The van der Waals surface area contributed by atoms with Gasteiger partial charge in [-0.15, -0.1) is 0 Å². The number of nitrogens with two attached hydrogens (primary N) is 1. The molecule has 8 heteroatoms. The van der Waals surface area contributed by atoms with Crippen molar-refractivity contribution in [1.29, 1.82) is 0 Å². The number of benzene rings is 1. The predicted molar refractivity (Wildman–Crippen MR) is 140 cm³/mol. The van der Waals surface area contributed by atoms with Crippen LogP contribution in [0, 0.1) is 6.92 Å². The summed E-state index contributed by atoms with van der Waals surface area (Å²) in [6, 6.07) is -0.768. The summed E-state index contributed by atoms with van der Waals surface area (Å²) in [5, 5.41) is 0. The Morgan fingerprint density at radius 2 is 1.92 bits per heavy atom. The monoisotopic (exact) mass is 502 g/mol. The van der Waals surface area contributed by atoms with Crippen LogP contribution in [-0.4, -0.2) is 37.7 Å². The number of cyclic esters (lactones) is 1. The number of fused-ring (bicyclic) bond motifs is 1. The van der Waals surface area contributed by atoms with Crippen molar-refractivity contribution >= 4 is 23.7 Å². The van der Waals surface area contributed by atoms with Crippen LogP contribution in [-0.2, 0) is 27.3 Å². The van der Waals surface area contributed by atoms with Crippen LogP contribution in [0.2, 0.25) is 0 Å². The lowest BCUT2D eigenvalue weighted by Crippen LogP contribution is -2.45. The third-order valence-electron chi connectivity index (χ3n) is 6.70. The Morgan fingerprint density at radius 3 is 2.50 bits per heavy atom. The number of nitrogens with zero attached hydrogens (tertiary/aromatic N) is 1. The van der Waals surface area contributed by atoms with Gasteiger partial charge in [0.1, 0.15) is 12.4 Å². The normalized spacial score (nSPS) is 13.7. The Labute approximate surface area is 215 Å². The smallest absolute Gasteiger partial charge is 0.341 e. The van der Waals surface area contributed by atoms with Gasteiger partial charge in [0.25, 0.3) is 0 Å². The number of anilines is 1. The van der Waals surface area contributed by atoms with E-state index in [9.17, 15) is 14.4 Å². The molecule has 1 atom stereocenters. The molecule has 0 spiro atoms. The zero-order valence-corrected chi connectivity index (χ0v) is 22.7. The lowest BCUT2D eigenvalue weighted by Gasteiger charge is -2.33. The van der Waals surface area contributed by atoms with E-state index in [0.717, 1.165) is 42.4 Å². The van der Waals surface area contributed by atoms with Crippen molar-refractivity contribution < 1.29 is 28.6 Å². The molecule has 36 heavy (non-hydrogen) atoms. The van der Waals surface area contributed by atoms with Crippen LogP contribution in [0.5, 0.6) is 5.75 Å². The van der Waals surface area contributed by atoms with Crippen molar-refractivity contribution in [1.82, 2.24) is 0 Å². The number of esters is 2. The number of primary amides is 1. The number of carbonyl (C=O) groups excluding carboxylic acids is 3. The Kier molecular flexibility index (Phi) is 11.3. The van der Waals surface area contributed by atoms with Crippen molar-refractivity contribution in [3.05, 3.63) is 33.9 Å². The standard InChI is InChI=1S/C28H42N2O6/c1-7-10-11-20(9-3)30(28(29)33)25-21(14-12-18(4)13-15-23(31)35-16-8-2)26(34-6)19(5)22-17-36-27(32)24(22)25/h12,20H,7-11,13-17H2,1-6H3,(H2,29,33). The van der Waals surface area contributed by atoms with Gasteiger partial charge in [-0.2, -0.15) is 0 Å². The molecule has 2 rings (SSSR count). The van der Waals surface area contributed by atoms with Crippen LogP contribution in [0.1, 0.15) is 99.7 Å². The molecule has 1 heterocycles. The molecule has 8 nitrogen and oxygen atoms in total. The van der Waals surface area contributed by atoms with Crippen molar-refractivity contribution in [3.8, 4) is 5.75 Å². The molecule has 200 valence electrons. The summed E-state index contributed by atoms with van der Waals surface area (Å²) in [6.07, 6.45) is 7.43. The van der Waals surface area contributed by atoms with Crippen LogP contribution >= 0.6 is 0 Å². The van der Waals surface area contributed by atoms with Gasteiger partial charge < -0.3 is 19.9 Å². The summed E-state index contributed by atoms with van der Waals surface area (Å²) >= 11 is 0. The Bertz CT molecular complexity index is 985. The van der Waals surface area contributed by atoms with Gasteiger partial charge in [0.2, 0.25) is 0 Å². The first kappa shape index (κ1) is 29.2. The highest BCUT2D eigenvalue weighted by atomic mass is 16.5. The highest BCUT2D eigenvalue weighted by molar-refractivity contribution is 6.06. The maximum atomic E-state index is 12.9. The number of amides is 2. The quantitative estimate of drug-likeness (QED) is 0.256. The van der Waals surface area contributed by atoms with Crippen LogP contribution in [0.25, 0.3) is 0 Å². The lowest BCUT2D eigenvalue weighted by atomic mass is 9.91. The average molecular weight is 503 g/mol. The van der Waals surface area contributed by atoms with Crippen molar-refractivity contribution in [2.75, 3.05) is 18.6 Å². The van der Waals surface area contributed by atoms with E-state index in [1.165, 1.54) is 0 Å². The van der Waals surface area contributed by atoms with Gasteiger partial charge in [0.05, 0.1) is 25.0 Å². The second-order valence-electron chi connectivity index (χ2n) is 9.30. The van der Waals surface area contributed by atoms with E-state index in [0.29, 0.717) is 54.9 Å². The van der Waals surface area contributed by atoms with Gasteiger partial charge in [-0.25, -0.2) is 9.59 Å². The van der Waals surface area contributed by atoms with E-state index >= 15 is 0 Å². The fraction of sp³-hybridized carbons (Fsp3) is 0.607. The Hall–Kier alpha value is -3.03. The van der Waals surface area contributed by atoms with E-state index in [2.05, 4.69) is 6.92 Å². The molecular weight excluding hydrogens is 460 g/mol. The number of methoxy groups -OCH3 is 1. The fourth-order valence-electron chi connectivity index (χ4n) is 4.69. The van der Waals surface area contributed by atoms with Crippen LogP contribution in [0.15, 0.2) is 11.6 Å². The minimum atomic E-state index is -0.605. The van der Waals surface area contributed by atoms with Crippen LogP contribution < -0.4 is 15.4 Å². The topological polar surface area (TPSA) is 108 Å². The van der Waals surface area contributed by atoms with Gasteiger partial charge in [-0.3, -0.25) is 9.69 Å². The molecule has 0 fully saturated rings. The van der Waals surface area contributed by atoms with E-state index in [1.54, 1.807) is 12.0 Å². The molecule has 1 unspecified atom stereocenters. The lowest BCUT2D eigenvalue weighted by molar-refractivity contribution is -0.143. The zero-order valence-electron chi connectivity index (χ0n) is 22.7. The minimum Gasteiger partial charge on any atom is -0.496 e. The molecule has 0 saturated heterocycles. The molecule has 1 aliphatic heterocycles. The molecule has 2 amide bonds. The fourth-order valence-corrected chi connectivity index (χ4v) is 4.69. The zero-order chi connectivity index (χ0) is 26.8. The Balaban J connectivity index is 2.58. The number of hydrogen-bond donors (Lipinski definition) is 1. The SMILES string of the molecule is CCCCC(CC)N(C(N)=O)c1c(CC=C(C)CCC(=O)OCCC)c(OC)c(C)c2c1C(=O)OC2. The van der Waals surface area contributed by atoms with E-state index in [4.69, 9.17) is 19.9 Å². The number of allylic oxidation sites excluding steroid dienone is 2. The second-order valence-corrected chi connectivity index (χ2v) is 9.30. The maximum absolute atomic E-state index is 12.9. The summed E-state index contributed by atoms with van der Waals surface area (Å²) in [5.74, 6) is -0.0615. The molecule has 0 radical (unpaired) electrons. The number of ether oxygens (including phenoxy) is 3. The van der Waals surface area contributed by atoms with Gasteiger partial charge in [0, 0.05) is 23.6 Å². The number of rotatable bonds is 14. The highest BCUT2D eigenvalue weighted by Crippen LogP contribution is 2.44. The predicted octanol–water partition coefficient (Wildman–Crippen LogP) is 5.75. The first-order valence-corrected chi connectivity index (χ1v) is 13.0. The van der Waals surface area contributed by atoms with Crippen molar-refractivity contribution in [2.45, 2.75) is 98.6 Å². The molecule has 1 aromatic carbocycles. The summed E-state index contributed by atoms with van der Waals surface area (Å²) in [4.78, 5) is 39.3. The van der Waals surface area contributed by atoms with Gasteiger partial charge in [-0.1, -0.05) is 45.3 Å². The third kappa shape index (κ3) is 6.80. The molecule has 0 aromatic heterocycles. The van der Waals surface area contributed by atoms with E-state index in [-0.39, 0.29) is 18.6 Å². The molecule has 1 aromatic rings. The molecular formula is C28H42N2O6. The average Bonchev–Trinajstić information content (AvgIpc) is 3.24. The van der Waals surface area contributed by atoms with Crippen LogP contribution in [0.3, 0.4) is 0 Å². The highest BCUT2D eigenvalue weighted by Gasteiger charge is 2.37. The van der Waals surface area contributed by atoms with Gasteiger partial charge in [-0.05, 0) is 51.5 Å². The van der Waals surface area contributed by atoms with E-state index in [1.807, 2.05) is 33.8 Å². The minimum absolute atomic E-state index is 0.136. The van der Waals surface area contributed by atoms with Crippen molar-refractivity contribution in [3.63, 3.8) is 0 Å². The largest absolute Gasteiger partial charge is 0.496 e. The van der Waals surface area contributed by atoms with Crippen molar-refractivity contribution in [2.24, 2.45) is 5.73 Å². The number of carbonyl (C=O) groups is 3. The molecule has 0 saturated carbocycles. The third-order valence-corrected chi connectivity index (χ3v) is 6.70.